The number of halogens is 3. The van der Waals surface area contributed by atoms with Gasteiger partial charge in [0.05, 0.1) is 10.3 Å². The number of H-pyrrole nitrogens is 1. The number of nitrogens with one attached hydrogen (secondary N) is 1. The maximum absolute atomic E-state index is 13.8. The van der Waals surface area contributed by atoms with Gasteiger partial charge in [-0.05, 0) is 29.8 Å². The summed E-state index contributed by atoms with van der Waals surface area (Å²) in [6.07, 6.45) is 0. The minimum Gasteiger partial charge on any atom is -0.408 e. The Morgan fingerprint density at radius 1 is 1.15 bits per heavy atom. The third-order valence-electron chi connectivity index (χ3n) is 2.99. The van der Waals surface area contributed by atoms with Gasteiger partial charge in [0.1, 0.15) is 11.6 Å². The normalized spacial score (nSPS) is 12.8. The molecule has 1 atom stereocenters. The van der Waals surface area contributed by atoms with Gasteiger partial charge in [-0.2, -0.15) is 0 Å². The van der Waals surface area contributed by atoms with Crippen LogP contribution < -0.4 is 5.76 Å². The number of hydrogen-bond donors (Lipinski definition) is 1. The number of benzene rings is 2. The molecule has 0 fully saturated rings. The van der Waals surface area contributed by atoms with Crippen LogP contribution in [0, 0.1) is 11.6 Å². The number of aromatic amines is 1. The van der Waals surface area contributed by atoms with Crippen LogP contribution in [0.5, 0.6) is 0 Å². The molecule has 0 bridgehead atoms. The second kappa shape index (κ2) is 4.86. The SMILES string of the molecule is O=c1[nH]c2ccc(C(Br)c3c(F)cccc3F)cc2o1. The van der Waals surface area contributed by atoms with Crippen molar-refractivity contribution in [1.29, 1.82) is 0 Å². The molecule has 1 heterocycles. The molecule has 3 nitrogen and oxygen atoms in total. The van der Waals surface area contributed by atoms with E-state index in [-0.39, 0.29) is 5.56 Å². The lowest BCUT2D eigenvalue weighted by Gasteiger charge is -2.12. The van der Waals surface area contributed by atoms with E-state index in [1.807, 2.05) is 0 Å². The molecule has 0 amide bonds. The molecule has 0 aliphatic rings. The third kappa shape index (κ3) is 2.16. The Bertz CT molecular complexity index is 820. The fourth-order valence-electron chi connectivity index (χ4n) is 2.04. The number of alkyl halides is 1. The second-order valence-corrected chi connectivity index (χ2v) is 5.18. The summed E-state index contributed by atoms with van der Waals surface area (Å²) in [5.41, 5.74) is 1.38. The second-order valence-electron chi connectivity index (χ2n) is 4.27. The highest BCUT2D eigenvalue weighted by molar-refractivity contribution is 9.09. The highest BCUT2D eigenvalue weighted by Crippen LogP contribution is 2.35. The van der Waals surface area contributed by atoms with Gasteiger partial charge in [-0.3, -0.25) is 4.98 Å². The van der Waals surface area contributed by atoms with Gasteiger partial charge in [-0.15, -0.1) is 0 Å². The quantitative estimate of drug-likeness (QED) is 0.720. The van der Waals surface area contributed by atoms with E-state index in [9.17, 15) is 13.6 Å². The molecule has 6 heteroatoms. The third-order valence-corrected chi connectivity index (χ3v) is 3.98. The highest BCUT2D eigenvalue weighted by Gasteiger charge is 2.20. The van der Waals surface area contributed by atoms with Crippen molar-refractivity contribution in [2.75, 3.05) is 0 Å². The Morgan fingerprint density at radius 2 is 1.85 bits per heavy atom. The number of oxazole rings is 1. The topological polar surface area (TPSA) is 46.0 Å². The number of hydrogen-bond acceptors (Lipinski definition) is 2. The fourth-order valence-corrected chi connectivity index (χ4v) is 2.76. The molecular formula is C14H8BrF2NO2. The van der Waals surface area contributed by atoms with E-state index >= 15 is 0 Å². The minimum absolute atomic E-state index is 0.0790. The molecule has 1 aromatic heterocycles. The minimum atomic E-state index is -0.673. The number of fused-ring (bicyclic) bond motifs is 1. The lowest BCUT2D eigenvalue weighted by atomic mass is 10.0. The summed E-state index contributed by atoms with van der Waals surface area (Å²) in [6.45, 7) is 0. The molecular weight excluding hydrogens is 332 g/mol. The lowest BCUT2D eigenvalue weighted by molar-refractivity contribution is 0.553. The predicted molar refractivity (Wildman–Crippen MR) is 74.0 cm³/mol. The van der Waals surface area contributed by atoms with Gasteiger partial charge in [0.25, 0.3) is 0 Å². The Balaban J connectivity index is 2.12. The van der Waals surface area contributed by atoms with Crippen LogP contribution in [0.1, 0.15) is 16.0 Å². The molecule has 0 radical (unpaired) electrons. The zero-order valence-electron chi connectivity index (χ0n) is 9.99. The molecule has 0 saturated heterocycles. The van der Waals surface area contributed by atoms with E-state index in [4.69, 9.17) is 4.42 Å². The highest BCUT2D eigenvalue weighted by atomic mass is 79.9. The monoisotopic (exact) mass is 339 g/mol. The maximum atomic E-state index is 13.8. The van der Waals surface area contributed by atoms with Gasteiger partial charge in [0.2, 0.25) is 0 Å². The van der Waals surface area contributed by atoms with E-state index < -0.39 is 22.2 Å². The molecule has 0 aliphatic carbocycles. The summed E-state index contributed by atoms with van der Waals surface area (Å²) < 4.78 is 32.4. The van der Waals surface area contributed by atoms with Crippen molar-refractivity contribution in [2.24, 2.45) is 0 Å². The van der Waals surface area contributed by atoms with Crippen molar-refractivity contribution in [3.63, 3.8) is 0 Å². The van der Waals surface area contributed by atoms with Crippen LogP contribution >= 0.6 is 15.9 Å². The molecule has 0 saturated carbocycles. The van der Waals surface area contributed by atoms with Crippen LogP contribution in [-0.2, 0) is 0 Å². The summed E-state index contributed by atoms with van der Waals surface area (Å²) in [5.74, 6) is -1.84. The first-order chi connectivity index (χ1) is 9.56. The van der Waals surface area contributed by atoms with Crippen molar-refractivity contribution >= 4 is 27.0 Å². The van der Waals surface area contributed by atoms with Crippen LogP contribution in [0.15, 0.2) is 45.6 Å². The molecule has 3 aromatic rings. The first-order valence-electron chi connectivity index (χ1n) is 5.77. The van der Waals surface area contributed by atoms with Gasteiger partial charge >= 0.3 is 5.76 Å². The standard InChI is InChI=1S/C14H8BrF2NO2/c15-13(12-8(16)2-1-3-9(12)17)7-4-5-10-11(6-7)20-14(19)18-10/h1-6,13H,(H,18,19). The molecule has 2 aromatic carbocycles. The van der Waals surface area contributed by atoms with Crippen LogP contribution in [0.4, 0.5) is 8.78 Å². The van der Waals surface area contributed by atoms with E-state index in [0.29, 0.717) is 16.7 Å². The van der Waals surface area contributed by atoms with E-state index in [0.717, 1.165) is 0 Å². The Morgan fingerprint density at radius 3 is 2.55 bits per heavy atom. The maximum Gasteiger partial charge on any atom is 0.417 e. The predicted octanol–water partition coefficient (Wildman–Crippen LogP) is 3.88. The van der Waals surface area contributed by atoms with Gasteiger partial charge in [-0.25, -0.2) is 13.6 Å². The summed E-state index contributed by atoms with van der Waals surface area (Å²) in [7, 11) is 0. The van der Waals surface area contributed by atoms with Crippen LogP contribution in [0.2, 0.25) is 0 Å². The van der Waals surface area contributed by atoms with Gasteiger partial charge in [0.15, 0.2) is 5.58 Å². The lowest BCUT2D eigenvalue weighted by Crippen LogP contribution is -2.00. The van der Waals surface area contributed by atoms with E-state index in [1.54, 1.807) is 18.2 Å². The van der Waals surface area contributed by atoms with Crippen LogP contribution in [-0.4, -0.2) is 4.98 Å². The van der Waals surface area contributed by atoms with E-state index in [2.05, 4.69) is 20.9 Å². The first-order valence-corrected chi connectivity index (χ1v) is 6.68. The molecule has 3 rings (SSSR count). The fraction of sp³-hybridized carbons (Fsp3) is 0.0714. The van der Waals surface area contributed by atoms with Gasteiger partial charge in [-0.1, -0.05) is 28.1 Å². The van der Waals surface area contributed by atoms with Crippen LogP contribution in [0.25, 0.3) is 11.1 Å². The summed E-state index contributed by atoms with van der Waals surface area (Å²) >= 11 is 3.28. The molecule has 102 valence electrons. The Kier molecular flexibility index (Phi) is 3.17. The smallest absolute Gasteiger partial charge is 0.408 e. The van der Waals surface area contributed by atoms with Crippen molar-refractivity contribution in [3.05, 3.63) is 69.7 Å². The van der Waals surface area contributed by atoms with Crippen LogP contribution in [0.3, 0.4) is 0 Å². The zero-order chi connectivity index (χ0) is 14.3. The summed E-state index contributed by atoms with van der Waals surface area (Å²) in [4.78, 5) is 12.9. The number of rotatable bonds is 2. The number of aromatic nitrogens is 1. The Labute approximate surface area is 120 Å². The largest absolute Gasteiger partial charge is 0.417 e. The molecule has 1 N–H and O–H groups in total. The zero-order valence-corrected chi connectivity index (χ0v) is 11.6. The molecule has 1 unspecified atom stereocenters. The molecule has 0 spiro atoms. The summed E-state index contributed by atoms with van der Waals surface area (Å²) in [5, 5.41) is 0. The van der Waals surface area contributed by atoms with E-state index in [1.165, 1.54) is 18.2 Å². The van der Waals surface area contributed by atoms with Crippen molar-refractivity contribution in [1.82, 2.24) is 4.98 Å². The summed E-state index contributed by atoms with van der Waals surface area (Å²) in [6, 6.07) is 8.56. The average molecular weight is 340 g/mol. The first kappa shape index (κ1) is 13.1. The Hall–Kier alpha value is -1.95. The average Bonchev–Trinajstić information content (AvgIpc) is 2.77. The van der Waals surface area contributed by atoms with Gasteiger partial charge < -0.3 is 4.42 Å². The van der Waals surface area contributed by atoms with Crippen molar-refractivity contribution < 1.29 is 13.2 Å². The molecule has 0 aliphatic heterocycles. The van der Waals surface area contributed by atoms with Crippen molar-refractivity contribution in [2.45, 2.75) is 4.83 Å². The van der Waals surface area contributed by atoms with Gasteiger partial charge in [0, 0.05) is 5.56 Å². The molecule has 20 heavy (non-hydrogen) atoms. The van der Waals surface area contributed by atoms with Crippen molar-refractivity contribution in [3.8, 4) is 0 Å².